The van der Waals surface area contributed by atoms with Gasteiger partial charge in [-0.05, 0) is 30.3 Å². The highest BCUT2D eigenvalue weighted by atomic mass is 16.2. The summed E-state index contributed by atoms with van der Waals surface area (Å²) in [6.07, 6.45) is 3.45. The van der Waals surface area contributed by atoms with Crippen LogP contribution in [0.5, 0.6) is 0 Å². The van der Waals surface area contributed by atoms with Gasteiger partial charge in [0.25, 0.3) is 5.91 Å². The highest BCUT2D eigenvalue weighted by Crippen LogP contribution is 2.21. The first-order chi connectivity index (χ1) is 9.65. The highest BCUT2D eigenvalue weighted by Gasteiger charge is 2.11. The van der Waals surface area contributed by atoms with Crippen LogP contribution in [0.4, 0.5) is 0 Å². The summed E-state index contributed by atoms with van der Waals surface area (Å²) in [4.78, 5) is 25.3. The Morgan fingerprint density at radius 3 is 2.60 bits per heavy atom. The summed E-state index contributed by atoms with van der Waals surface area (Å²) in [6.45, 7) is 0. The molecule has 2 heterocycles. The Morgan fingerprint density at radius 1 is 1.15 bits per heavy atom. The van der Waals surface area contributed by atoms with Crippen LogP contribution in [0.1, 0.15) is 10.4 Å². The van der Waals surface area contributed by atoms with E-state index < -0.39 is 0 Å². The fraction of sp³-hybridized carbons (Fsp3) is 0.133. The van der Waals surface area contributed by atoms with E-state index in [9.17, 15) is 4.79 Å². The van der Waals surface area contributed by atoms with E-state index in [1.807, 2.05) is 18.2 Å². The second-order valence-corrected chi connectivity index (χ2v) is 4.75. The minimum absolute atomic E-state index is 0.0274. The van der Waals surface area contributed by atoms with E-state index >= 15 is 0 Å². The number of nitrogens with one attached hydrogen (secondary N) is 1. The van der Waals surface area contributed by atoms with E-state index in [1.165, 1.54) is 0 Å². The second-order valence-electron chi connectivity index (χ2n) is 4.75. The van der Waals surface area contributed by atoms with Crippen LogP contribution < -0.4 is 0 Å². The molecule has 2 aromatic heterocycles. The molecule has 100 valence electrons. The van der Waals surface area contributed by atoms with Crippen molar-refractivity contribution in [3.8, 4) is 11.4 Å². The molecule has 1 N–H and O–H groups in total. The van der Waals surface area contributed by atoms with Crippen molar-refractivity contribution in [2.45, 2.75) is 0 Å². The first kappa shape index (κ1) is 12.3. The van der Waals surface area contributed by atoms with Gasteiger partial charge in [-0.2, -0.15) is 0 Å². The summed E-state index contributed by atoms with van der Waals surface area (Å²) in [7, 11) is 3.47. The van der Waals surface area contributed by atoms with Gasteiger partial charge in [0.2, 0.25) is 0 Å². The molecule has 0 saturated heterocycles. The van der Waals surface area contributed by atoms with Crippen molar-refractivity contribution in [2.75, 3.05) is 14.1 Å². The number of hydrogen-bond acceptors (Lipinski definition) is 3. The topological polar surface area (TPSA) is 61.9 Å². The molecule has 0 saturated carbocycles. The molecule has 3 rings (SSSR count). The number of H-pyrrole nitrogens is 1. The number of pyridine rings is 1. The predicted octanol–water partition coefficient (Wildman–Crippen LogP) is 2.33. The van der Waals surface area contributed by atoms with E-state index in [1.54, 1.807) is 43.5 Å². The Balaban J connectivity index is 2.06. The summed E-state index contributed by atoms with van der Waals surface area (Å²) < 4.78 is 0. The number of rotatable bonds is 2. The number of amides is 1. The minimum Gasteiger partial charge on any atom is -0.345 e. The van der Waals surface area contributed by atoms with Crippen molar-refractivity contribution < 1.29 is 4.79 Å². The molecule has 0 radical (unpaired) electrons. The van der Waals surface area contributed by atoms with Gasteiger partial charge >= 0.3 is 0 Å². The first-order valence-electron chi connectivity index (χ1n) is 6.27. The monoisotopic (exact) mass is 266 g/mol. The lowest BCUT2D eigenvalue weighted by atomic mass is 10.2. The summed E-state index contributed by atoms with van der Waals surface area (Å²) in [5, 5.41) is 0. The van der Waals surface area contributed by atoms with E-state index in [-0.39, 0.29) is 5.91 Å². The Hall–Kier alpha value is -2.69. The zero-order valence-corrected chi connectivity index (χ0v) is 11.3. The molecule has 0 fully saturated rings. The molecule has 20 heavy (non-hydrogen) atoms. The van der Waals surface area contributed by atoms with Crippen molar-refractivity contribution in [3.63, 3.8) is 0 Å². The molecule has 1 amide bonds. The quantitative estimate of drug-likeness (QED) is 0.774. The van der Waals surface area contributed by atoms with Crippen LogP contribution in [-0.2, 0) is 0 Å². The molecule has 0 unspecified atom stereocenters. The molecule has 5 heteroatoms. The van der Waals surface area contributed by atoms with Crippen molar-refractivity contribution >= 4 is 16.9 Å². The Bertz CT molecular complexity index is 762. The third-order valence-electron chi connectivity index (χ3n) is 3.09. The van der Waals surface area contributed by atoms with Crippen molar-refractivity contribution in [2.24, 2.45) is 0 Å². The van der Waals surface area contributed by atoms with Gasteiger partial charge in [0, 0.05) is 37.6 Å². The SMILES string of the molecule is CN(C)C(=O)c1ccc2[nH]c(-c3ccncc3)nc2c1. The molecule has 0 aliphatic carbocycles. The molecule has 1 aromatic carbocycles. The number of aromatic amines is 1. The number of hydrogen-bond donors (Lipinski definition) is 1. The maximum Gasteiger partial charge on any atom is 0.253 e. The average molecular weight is 266 g/mol. The fourth-order valence-electron chi connectivity index (χ4n) is 2.04. The van der Waals surface area contributed by atoms with Gasteiger partial charge in [-0.25, -0.2) is 4.98 Å². The molecular formula is C15H14N4O. The van der Waals surface area contributed by atoms with Crippen molar-refractivity contribution in [3.05, 3.63) is 48.3 Å². The van der Waals surface area contributed by atoms with Gasteiger partial charge in [-0.1, -0.05) is 0 Å². The molecular weight excluding hydrogens is 252 g/mol. The van der Waals surface area contributed by atoms with Gasteiger partial charge in [-0.15, -0.1) is 0 Å². The van der Waals surface area contributed by atoms with Crippen molar-refractivity contribution in [1.82, 2.24) is 19.9 Å². The third-order valence-corrected chi connectivity index (χ3v) is 3.09. The van der Waals surface area contributed by atoms with Gasteiger partial charge in [0.15, 0.2) is 0 Å². The maximum atomic E-state index is 11.9. The number of fused-ring (bicyclic) bond motifs is 1. The van der Waals surface area contributed by atoms with Crippen LogP contribution in [-0.4, -0.2) is 39.9 Å². The Labute approximate surface area is 116 Å². The van der Waals surface area contributed by atoms with Gasteiger partial charge in [-0.3, -0.25) is 9.78 Å². The molecule has 5 nitrogen and oxygen atoms in total. The number of benzene rings is 1. The van der Waals surface area contributed by atoms with Crippen LogP contribution in [0.3, 0.4) is 0 Å². The summed E-state index contributed by atoms with van der Waals surface area (Å²) in [6, 6.07) is 9.27. The van der Waals surface area contributed by atoms with E-state index in [2.05, 4.69) is 15.0 Å². The first-order valence-corrected chi connectivity index (χ1v) is 6.27. The zero-order chi connectivity index (χ0) is 14.1. The largest absolute Gasteiger partial charge is 0.345 e. The lowest BCUT2D eigenvalue weighted by molar-refractivity contribution is 0.0828. The molecule has 3 aromatic rings. The number of carbonyl (C=O) groups is 1. The fourth-order valence-corrected chi connectivity index (χ4v) is 2.04. The van der Waals surface area contributed by atoms with Crippen molar-refractivity contribution in [1.29, 1.82) is 0 Å². The van der Waals surface area contributed by atoms with Crippen LogP contribution >= 0.6 is 0 Å². The van der Waals surface area contributed by atoms with Crippen LogP contribution in [0.2, 0.25) is 0 Å². The van der Waals surface area contributed by atoms with E-state index in [0.29, 0.717) is 5.56 Å². The zero-order valence-electron chi connectivity index (χ0n) is 11.3. The standard InChI is InChI=1S/C15H14N4O/c1-19(2)15(20)11-3-4-12-13(9-11)18-14(17-12)10-5-7-16-8-6-10/h3-9H,1-2H3,(H,17,18). The van der Waals surface area contributed by atoms with E-state index in [0.717, 1.165) is 22.4 Å². The Kier molecular flexibility index (Phi) is 2.95. The lowest BCUT2D eigenvalue weighted by Crippen LogP contribution is -2.21. The Morgan fingerprint density at radius 2 is 1.90 bits per heavy atom. The van der Waals surface area contributed by atoms with Crippen LogP contribution in [0.25, 0.3) is 22.4 Å². The second kappa shape index (κ2) is 4.77. The number of nitrogens with zero attached hydrogens (tertiary/aromatic N) is 3. The number of aromatic nitrogens is 3. The van der Waals surface area contributed by atoms with Crippen LogP contribution in [0, 0.1) is 0 Å². The summed E-state index contributed by atoms with van der Waals surface area (Å²) in [5.74, 6) is 0.747. The average Bonchev–Trinajstić information content (AvgIpc) is 2.90. The molecule has 0 atom stereocenters. The highest BCUT2D eigenvalue weighted by molar-refractivity contribution is 5.97. The molecule has 0 spiro atoms. The summed E-state index contributed by atoms with van der Waals surface area (Å²) >= 11 is 0. The van der Waals surface area contributed by atoms with Gasteiger partial charge in [0.05, 0.1) is 11.0 Å². The smallest absolute Gasteiger partial charge is 0.253 e. The maximum absolute atomic E-state index is 11.9. The molecule has 0 bridgehead atoms. The normalized spacial score (nSPS) is 10.7. The third kappa shape index (κ3) is 2.14. The summed E-state index contributed by atoms with van der Waals surface area (Å²) in [5.41, 5.74) is 3.29. The number of carbonyl (C=O) groups excluding carboxylic acids is 1. The van der Waals surface area contributed by atoms with Crippen LogP contribution in [0.15, 0.2) is 42.7 Å². The van der Waals surface area contributed by atoms with E-state index in [4.69, 9.17) is 0 Å². The minimum atomic E-state index is -0.0274. The molecule has 0 aliphatic rings. The lowest BCUT2D eigenvalue weighted by Gasteiger charge is -2.09. The van der Waals surface area contributed by atoms with Gasteiger partial charge in [0.1, 0.15) is 5.82 Å². The van der Waals surface area contributed by atoms with Gasteiger partial charge < -0.3 is 9.88 Å². The number of imidazole rings is 1. The molecule has 0 aliphatic heterocycles. The predicted molar refractivity (Wildman–Crippen MR) is 77.3 cm³/mol.